The summed E-state index contributed by atoms with van der Waals surface area (Å²) in [7, 11) is 2.00. The molecular formula is C11H12ClN3S. The highest BCUT2D eigenvalue weighted by molar-refractivity contribution is 7.09. The van der Waals surface area contributed by atoms with Crippen LogP contribution in [0, 0.1) is 6.92 Å². The van der Waals surface area contributed by atoms with Gasteiger partial charge < -0.3 is 4.90 Å². The second kappa shape index (κ2) is 4.80. The first-order valence-corrected chi connectivity index (χ1v) is 6.15. The molecule has 0 aliphatic carbocycles. The van der Waals surface area contributed by atoms with Crippen molar-refractivity contribution in [2.45, 2.75) is 13.5 Å². The summed E-state index contributed by atoms with van der Waals surface area (Å²) in [5.74, 6) is 1.55. The van der Waals surface area contributed by atoms with Crippen LogP contribution in [-0.4, -0.2) is 17.0 Å². The molecule has 0 saturated heterocycles. The van der Waals surface area contributed by atoms with E-state index in [0.717, 1.165) is 12.4 Å². The van der Waals surface area contributed by atoms with Gasteiger partial charge in [-0.15, -0.1) is 11.3 Å². The summed E-state index contributed by atoms with van der Waals surface area (Å²) in [6.07, 6.45) is 0. The summed E-state index contributed by atoms with van der Waals surface area (Å²) in [5.41, 5.74) is 0. The number of anilines is 1. The van der Waals surface area contributed by atoms with E-state index in [2.05, 4.69) is 26.3 Å². The van der Waals surface area contributed by atoms with Gasteiger partial charge in [0.25, 0.3) is 0 Å². The van der Waals surface area contributed by atoms with E-state index in [4.69, 9.17) is 11.6 Å². The van der Waals surface area contributed by atoms with Gasteiger partial charge in [-0.25, -0.2) is 9.97 Å². The van der Waals surface area contributed by atoms with E-state index in [1.165, 1.54) is 4.88 Å². The van der Waals surface area contributed by atoms with E-state index in [1.807, 2.05) is 20.0 Å². The Hall–Kier alpha value is -1.13. The van der Waals surface area contributed by atoms with Gasteiger partial charge in [0.1, 0.15) is 16.8 Å². The Balaban J connectivity index is 2.17. The Kier molecular flexibility index (Phi) is 3.41. The van der Waals surface area contributed by atoms with Crippen molar-refractivity contribution in [2.24, 2.45) is 0 Å². The first kappa shape index (κ1) is 11.4. The molecule has 3 nitrogen and oxygen atoms in total. The molecule has 5 heteroatoms. The molecule has 84 valence electrons. The zero-order valence-corrected chi connectivity index (χ0v) is 10.7. The van der Waals surface area contributed by atoms with E-state index in [-0.39, 0.29) is 0 Å². The second-order valence-electron chi connectivity index (χ2n) is 3.53. The molecule has 0 atom stereocenters. The fourth-order valence-corrected chi connectivity index (χ4v) is 2.41. The largest absolute Gasteiger partial charge is 0.354 e. The molecule has 0 spiro atoms. The van der Waals surface area contributed by atoms with Crippen molar-refractivity contribution < 1.29 is 0 Å². The van der Waals surface area contributed by atoms with Crippen LogP contribution in [0.3, 0.4) is 0 Å². The van der Waals surface area contributed by atoms with Gasteiger partial charge in [-0.3, -0.25) is 0 Å². The third kappa shape index (κ3) is 2.71. The minimum atomic E-state index is 0.487. The lowest BCUT2D eigenvalue weighted by atomic mass is 10.4. The van der Waals surface area contributed by atoms with Crippen LogP contribution < -0.4 is 4.90 Å². The van der Waals surface area contributed by atoms with Gasteiger partial charge in [0.05, 0.1) is 6.54 Å². The smallest absolute Gasteiger partial charge is 0.134 e. The number of aryl methyl sites for hydroxylation is 1. The summed E-state index contributed by atoms with van der Waals surface area (Å²) in [6, 6.07) is 5.94. The number of rotatable bonds is 3. The quantitative estimate of drug-likeness (QED) is 0.787. The topological polar surface area (TPSA) is 29.0 Å². The summed E-state index contributed by atoms with van der Waals surface area (Å²) in [6.45, 7) is 2.68. The Morgan fingerprint density at radius 2 is 2.25 bits per heavy atom. The van der Waals surface area contributed by atoms with E-state index in [0.29, 0.717) is 11.0 Å². The van der Waals surface area contributed by atoms with Crippen molar-refractivity contribution in [2.75, 3.05) is 11.9 Å². The van der Waals surface area contributed by atoms with Gasteiger partial charge in [0, 0.05) is 18.0 Å². The number of halogens is 1. The monoisotopic (exact) mass is 253 g/mol. The van der Waals surface area contributed by atoms with Crippen molar-refractivity contribution in [1.82, 2.24) is 9.97 Å². The lowest BCUT2D eigenvalue weighted by Crippen LogP contribution is -2.17. The molecular weight excluding hydrogens is 242 g/mol. The maximum atomic E-state index is 5.90. The first-order chi connectivity index (χ1) is 7.65. The van der Waals surface area contributed by atoms with Crippen LogP contribution in [0.4, 0.5) is 5.82 Å². The molecule has 0 amide bonds. The van der Waals surface area contributed by atoms with Crippen molar-refractivity contribution in [3.63, 3.8) is 0 Å². The average Bonchev–Trinajstić information content (AvgIpc) is 2.68. The molecule has 0 aliphatic heterocycles. The van der Waals surface area contributed by atoms with E-state index >= 15 is 0 Å². The van der Waals surface area contributed by atoms with Crippen LogP contribution in [0.5, 0.6) is 0 Å². The second-order valence-corrected chi connectivity index (χ2v) is 4.95. The number of aromatic nitrogens is 2. The van der Waals surface area contributed by atoms with Gasteiger partial charge >= 0.3 is 0 Å². The highest BCUT2D eigenvalue weighted by Crippen LogP contribution is 2.18. The molecule has 2 rings (SSSR count). The molecule has 0 saturated carbocycles. The van der Waals surface area contributed by atoms with Crippen LogP contribution in [0.1, 0.15) is 10.7 Å². The van der Waals surface area contributed by atoms with Crippen LogP contribution in [-0.2, 0) is 6.54 Å². The lowest BCUT2D eigenvalue weighted by Gasteiger charge is -2.17. The predicted molar refractivity (Wildman–Crippen MR) is 68.2 cm³/mol. The third-order valence-corrected chi connectivity index (χ3v) is 3.21. The minimum Gasteiger partial charge on any atom is -0.354 e. The molecule has 0 unspecified atom stereocenters. The maximum absolute atomic E-state index is 5.90. The predicted octanol–water partition coefficient (Wildman–Crippen LogP) is 3.14. The van der Waals surface area contributed by atoms with Crippen LogP contribution in [0.15, 0.2) is 23.6 Å². The fraction of sp³-hybridized carbons (Fsp3) is 0.273. The molecule has 2 aromatic rings. The molecule has 0 fully saturated rings. The zero-order chi connectivity index (χ0) is 11.5. The van der Waals surface area contributed by atoms with Crippen LogP contribution in [0.2, 0.25) is 5.15 Å². The number of nitrogens with zero attached hydrogens (tertiary/aromatic N) is 3. The normalized spacial score (nSPS) is 10.4. The molecule has 0 bridgehead atoms. The van der Waals surface area contributed by atoms with Crippen molar-refractivity contribution in [3.05, 3.63) is 39.4 Å². The lowest BCUT2D eigenvalue weighted by molar-refractivity contribution is 0.891. The minimum absolute atomic E-state index is 0.487. The molecule has 2 aromatic heterocycles. The van der Waals surface area contributed by atoms with Crippen LogP contribution in [0.25, 0.3) is 0 Å². The van der Waals surface area contributed by atoms with Crippen molar-refractivity contribution in [3.8, 4) is 0 Å². The molecule has 0 aromatic carbocycles. The third-order valence-electron chi connectivity index (χ3n) is 2.16. The van der Waals surface area contributed by atoms with Gasteiger partial charge in [0.2, 0.25) is 0 Å². The summed E-state index contributed by atoms with van der Waals surface area (Å²) in [5, 5.41) is 2.56. The summed E-state index contributed by atoms with van der Waals surface area (Å²) in [4.78, 5) is 11.8. The Morgan fingerprint density at radius 1 is 1.44 bits per heavy atom. The van der Waals surface area contributed by atoms with Gasteiger partial charge in [0.15, 0.2) is 0 Å². The first-order valence-electron chi connectivity index (χ1n) is 4.90. The zero-order valence-electron chi connectivity index (χ0n) is 9.14. The molecule has 2 heterocycles. The average molecular weight is 254 g/mol. The fourth-order valence-electron chi connectivity index (χ4n) is 1.43. The summed E-state index contributed by atoms with van der Waals surface area (Å²) < 4.78 is 0. The standard InChI is InChI=1S/C11H12ClN3S/c1-8-13-10(12)6-11(14-8)15(2)7-9-4-3-5-16-9/h3-6H,7H2,1-2H3. The Morgan fingerprint density at radius 3 is 2.88 bits per heavy atom. The van der Waals surface area contributed by atoms with E-state index in [1.54, 1.807) is 17.4 Å². The SMILES string of the molecule is Cc1nc(Cl)cc(N(C)Cc2cccs2)n1. The Bertz CT molecular complexity index is 450. The van der Waals surface area contributed by atoms with E-state index in [9.17, 15) is 0 Å². The van der Waals surface area contributed by atoms with Crippen LogP contribution >= 0.6 is 22.9 Å². The Labute approximate surface area is 104 Å². The molecule has 0 aliphatic rings. The van der Waals surface area contributed by atoms with Gasteiger partial charge in [-0.2, -0.15) is 0 Å². The molecule has 16 heavy (non-hydrogen) atoms. The van der Waals surface area contributed by atoms with Crippen molar-refractivity contribution >= 4 is 28.8 Å². The molecule has 0 N–H and O–H groups in total. The van der Waals surface area contributed by atoms with E-state index < -0.39 is 0 Å². The summed E-state index contributed by atoms with van der Waals surface area (Å²) >= 11 is 7.64. The van der Waals surface area contributed by atoms with Crippen molar-refractivity contribution in [1.29, 1.82) is 0 Å². The highest BCUT2D eigenvalue weighted by Gasteiger charge is 2.06. The van der Waals surface area contributed by atoms with Gasteiger partial charge in [-0.1, -0.05) is 17.7 Å². The number of hydrogen-bond donors (Lipinski definition) is 0. The van der Waals surface area contributed by atoms with Gasteiger partial charge in [-0.05, 0) is 18.4 Å². The number of thiophene rings is 1. The highest BCUT2D eigenvalue weighted by atomic mass is 35.5. The molecule has 0 radical (unpaired) electrons. The number of hydrogen-bond acceptors (Lipinski definition) is 4. The maximum Gasteiger partial charge on any atom is 0.134 e.